The normalized spacial score (nSPS) is 14.5. The maximum Gasteiger partial charge on any atom is 0.347 e. The Hall–Kier alpha value is -1.14. The molecule has 0 aromatic rings. The lowest BCUT2D eigenvalue weighted by molar-refractivity contribution is -0.173. The lowest BCUT2D eigenvalue weighted by Crippen LogP contribution is -2.40. The Labute approximate surface area is 81.1 Å². The molecular weight excluding hydrogens is 192 g/mol. The molecule has 0 aromatic heterocycles. The molecule has 0 radical (unpaired) electrons. The maximum absolute atomic E-state index is 10.9. The largest absolute Gasteiger partial charge is 0.478 e. The van der Waals surface area contributed by atoms with Gasteiger partial charge in [-0.1, -0.05) is 6.92 Å². The number of carbonyl (C=O) groups is 2. The minimum Gasteiger partial charge on any atom is -0.478 e. The minimum atomic E-state index is -1.70. The van der Waals surface area contributed by atoms with Gasteiger partial charge in [-0.25, -0.2) is 4.79 Å². The zero-order valence-electron chi connectivity index (χ0n) is 7.84. The van der Waals surface area contributed by atoms with Crippen molar-refractivity contribution in [3.63, 3.8) is 0 Å². The molecule has 0 rings (SSSR count). The highest BCUT2D eigenvalue weighted by Crippen LogP contribution is 2.03. The van der Waals surface area contributed by atoms with Crippen LogP contribution in [0.15, 0.2) is 0 Å². The van der Waals surface area contributed by atoms with Crippen LogP contribution in [0.1, 0.15) is 19.8 Å². The smallest absolute Gasteiger partial charge is 0.347 e. The molecule has 0 spiro atoms. The van der Waals surface area contributed by atoms with Crippen LogP contribution in [0, 0.1) is 0 Å². The van der Waals surface area contributed by atoms with E-state index in [1.165, 1.54) is 0 Å². The van der Waals surface area contributed by atoms with Crippen molar-refractivity contribution in [1.82, 2.24) is 0 Å². The number of hydrogen-bond acceptors (Lipinski definition) is 5. The SMILES string of the molecule is CCCC(=O)OC(C(=O)O)C(O)CO. The third-order valence-electron chi connectivity index (χ3n) is 1.49. The van der Waals surface area contributed by atoms with Crippen LogP contribution in [0.25, 0.3) is 0 Å². The van der Waals surface area contributed by atoms with E-state index in [2.05, 4.69) is 4.74 Å². The second-order valence-electron chi connectivity index (χ2n) is 2.75. The highest BCUT2D eigenvalue weighted by Gasteiger charge is 2.29. The molecular formula is C8H14O6. The maximum atomic E-state index is 10.9. The molecule has 0 amide bonds. The molecule has 0 fully saturated rings. The van der Waals surface area contributed by atoms with Gasteiger partial charge in [0.05, 0.1) is 6.61 Å². The molecule has 0 saturated heterocycles. The molecule has 0 aliphatic carbocycles. The molecule has 2 atom stereocenters. The first-order valence-electron chi connectivity index (χ1n) is 4.24. The molecule has 82 valence electrons. The number of aliphatic carboxylic acids is 1. The van der Waals surface area contributed by atoms with Crippen LogP contribution in [-0.4, -0.2) is 46.1 Å². The number of aliphatic hydroxyl groups is 2. The second-order valence-corrected chi connectivity index (χ2v) is 2.75. The van der Waals surface area contributed by atoms with Crippen LogP contribution >= 0.6 is 0 Å². The molecule has 0 aliphatic heterocycles. The van der Waals surface area contributed by atoms with E-state index in [1.807, 2.05) is 0 Å². The van der Waals surface area contributed by atoms with Gasteiger partial charge >= 0.3 is 11.9 Å². The fourth-order valence-corrected chi connectivity index (χ4v) is 0.794. The highest BCUT2D eigenvalue weighted by molar-refractivity contribution is 5.78. The van der Waals surface area contributed by atoms with Crippen molar-refractivity contribution in [2.24, 2.45) is 0 Å². The molecule has 3 N–H and O–H groups in total. The van der Waals surface area contributed by atoms with E-state index in [1.54, 1.807) is 6.92 Å². The average molecular weight is 206 g/mol. The number of carbonyl (C=O) groups excluding carboxylic acids is 1. The monoisotopic (exact) mass is 206 g/mol. The van der Waals surface area contributed by atoms with Gasteiger partial charge < -0.3 is 20.1 Å². The number of esters is 1. The van der Waals surface area contributed by atoms with Crippen LogP contribution < -0.4 is 0 Å². The molecule has 0 saturated carbocycles. The van der Waals surface area contributed by atoms with Crippen molar-refractivity contribution < 1.29 is 29.6 Å². The molecule has 0 aromatic carbocycles. The van der Waals surface area contributed by atoms with E-state index in [-0.39, 0.29) is 6.42 Å². The number of hydrogen-bond donors (Lipinski definition) is 3. The molecule has 6 nitrogen and oxygen atoms in total. The van der Waals surface area contributed by atoms with Gasteiger partial charge in [-0.15, -0.1) is 0 Å². The van der Waals surface area contributed by atoms with Crippen LogP contribution in [0.3, 0.4) is 0 Å². The van der Waals surface area contributed by atoms with E-state index in [0.717, 1.165) is 0 Å². The predicted octanol–water partition coefficient (Wildman–Crippen LogP) is -0.864. The molecule has 2 unspecified atom stereocenters. The number of ether oxygens (including phenoxy) is 1. The molecule has 6 heteroatoms. The average Bonchev–Trinajstić information content (AvgIpc) is 2.13. The zero-order chi connectivity index (χ0) is 11.1. The molecule has 0 aliphatic rings. The second kappa shape index (κ2) is 6.33. The summed E-state index contributed by atoms with van der Waals surface area (Å²) >= 11 is 0. The van der Waals surface area contributed by atoms with Crippen LogP contribution in [0.2, 0.25) is 0 Å². The van der Waals surface area contributed by atoms with Crippen molar-refractivity contribution in [3.8, 4) is 0 Å². The number of rotatable bonds is 6. The van der Waals surface area contributed by atoms with Crippen LogP contribution in [-0.2, 0) is 14.3 Å². The van der Waals surface area contributed by atoms with Gasteiger partial charge in [0, 0.05) is 6.42 Å². The summed E-state index contributed by atoms with van der Waals surface area (Å²) in [5.41, 5.74) is 0. The Morgan fingerprint density at radius 1 is 1.43 bits per heavy atom. The van der Waals surface area contributed by atoms with Gasteiger partial charge in [-0.2, -0.15) is 0 Å². The van der Waals surface area contributed by atoms with E-state index < -0.39 is 30.8 Å². The van der Waals surface area contributed by atoms with E-state index in [9.17, 15) is 9.59 Å². The first kappa shape index (κ1) is 12.9. The molecule has 14 heavy (non-hydrogen) atoms. The number of carboxylic acid groups (broad SMARTS) is 1. The summed E-state index contributed by atoms with van der Waals surface area (Å²) in [4.78, 5) is 21.4. The first-order chi connectivity index (χ1) is 6.52. The van der Waals surface area contributed by atoms with Gasteiger partial charge in [0.25, 0.3) is 0 Å². The number of aliphatic hydroxyl groups excluding tert-OH is 2. The van der Waals surface area contributed by atoms with Crippen LogP contribution in [0.4, 0.5) is 0 Å². The summed E-state index contributed by atoms with van der Waals surface area (Å²) in [7, 11) is 0. The van der Waals surface area contributed by atoms with E-state index >= 15 is 0 Å². The van der Waals surface area contributed by atoms with E-state index in [4.69, 9.17) is 15.3 Å². The Bertz CT molecular complexity index is 202. The van der Waals surface area contributed by atoms with Gasteiger partial charge in [0.2, 0.25) is 6.10 Å². The quantitative estimate of drug-likeness (QED) is 0.488. The Morgan fingerprint density at radius 2 is 2.00 bits per heavy atom. The highest BCUT2D eigenvalue weighted by atomic mass is 16.6. The van der Waals surface area contributed by atoms with Crippen molar-refractivity contribution in [2.75, 3.05) is 6.61 Å². The fraction of sp³-hybridized carbons (Fsp3) is 0.750. The van der Waals surface area contributed by atoms with Gasteiger partial charge in [-0.05, 0) is 6.42 Å². The lowest BCUT2D eigenvalue weighted by Gasteiger charge is -2.17. The summed E-state index contributed by atoms with van der Waals surface area (Å²) < 4.78 is 4.46. The zero-order valence-corrected chi connectivity index (χ0v) is 7.84. The standard InChI is InChI=1S/C8H14O6/c1-2-3-6(11)14-7(8(12)13)5(10)4-9/h5,7,9-10H,2-4H2,1H3,(H,12,13). The van der Waals surface area contributed by atoms with Gasteiger partial charge in [0.15, 0.2) is 0 Å². The Balaban J connectivity index is 4.23. The van der Waals surface area contributed by atoms with Crippen molar-refractivity contribution in [1.29, 1.82) is 0 Å². The third kappa shape index (κ3) is 4.20. The first-order valence-corrected chi connectivity index (χ1v) is 4.24. The molecule has 0 heterocycles. The predicted molar refractivity (Wildman–Crippen MR) is 45.5 cm³/mol. The summed E-state index contributed by atoms with van der Waals surface area (Å²) in [5.74, 6) is -2.18. The topological polar surface area (TPSA) is 104 Å². The van der Waals surface area contributed by atoms with Crippen molar-refractivity contribution in [3.05, 3.63) is 0 Å². The minimum absolute atomic E-state index is 0.0852. The van der Waals surface area contributed by atoms with Crippen LogP contribution in [0.5, 0.6) is 0 Å². The van der Waals surface area contributed by atoms with Crippen molar-refractivity contribution in [2.45, 2.75) is 32.0 Å². The fourth-order valence-electron chi connectivity index (χ4n) is 0.794. The summed E-state index contributed by atoms with van der Waals surface area (Å²) in [6, 6.07) is 0. The lowest BCUT2D eigenvalue weighted by atomic mass is 10.2. The summed E-state index contributed by atoms with van der Waals surface area (Å²) in [5, 5.41) is 26.0. The molecule has 0 bridgehead atoms. The Morgan fingerprint density at radius 3 is 2.36 bits per heavy atom. The third-order valence-corrected chi connectivity index (χ3v) is 1.49. The summed E-state index contributed by atoms with van der Waals surface area (Å²) in [6.45, 7) is 0.968. The Kier molecular flexibility index (Phi) is 5.82. The van der Waals surface area contributed by atoms with Gasteiger partial charge in [-0.3, -0.25) is 4.79 Å². The number of carboxylic acids is 1. The summed E-state index contributed by atoms with van der Waals surface area (Å²) in [6.07, 6.45) is -2.67. The van der Waals surface area contributed by atoms with Crippen molar-refractivity contribution >= 4 is 11.9 Å². The van der Waals surface area contributed by atoms with E-state index in [0.29, 0.717) is 6.42 Å². The van der Waals surface area contributed by atoms with Gasteiger partial charge in [0.1, 0.15) is 6.10 Å².